The van der Waals surface area contributed by atoms with Gasteiger partial charge in [-0.15, -0.1) is 0 Å². The number of aromatic carboxylic acids is 1. The summed E-state index contributed by atoms with van der Waals surface area (Å²) in [5.41, 5.74) is 0.0891. The standard InChI is InChI=1S/C10H11ClO3/c1-6(2)14-9-4-3-7(11)5-8(9)10(12)13/h3-6H,1-2H3,(H,12,13). The molecule has 1 N–H and O–H groups in total. The van der Waals surface area contributed by atoms with E-state index in [1.807, 2.05) is 13.8 Å². The van der Waals surface area contributed by atoms with Gasteiger partial charge in [-0.25, -0.2) is 4.79 Å². The summed E-state index contributed by atoms with van der Waals surface area (Å²) in [6.45, 7) is 3.67. The van der Waals surface area contributed by atoms with E-state index in [9.17, 15) is 4.79 Å². The van der Waals surface area contributed by atoms with Crippen LogP contribution in [0.2, 0.25) is 5.02 Å². The van der Waals surface area contributed by atoms with Gasteiger partial charge in [-0.1, -0.05) is 11.6 Å². The molecule has 0 amide bonds. The topological polar surface area (TPSA) is 46.5 Å². The summed E-state index contributed by atoms with van der Waals surface area (Å²) in [4.78, 5) is 10.8. The van der Waals surface area contributed by atoms with Gasteiger partial charge in [0.1, 0.15) is 11.3 Å². The molecule has 0 aromatic heterocycles. The van der Waals surface area contributed by atoms with Gasteiger partial charge < -0.3 is 9.84 Å². The summed E-state index contributed by atoms with van der Waals surface area (Å²) in [7, 11) is 0. The zero-order valence-corrected chi connectivity index (χ0v) is 8.71. The first-order valence-electron chi connectivity index (χ1n) is 4.20. The second-order valence-corrected chi connectivity index (χ2v) is 3.55. The summed E-state index contributed by atoms with van der Waals surface area (Å²) in [6, 6.07) is 4.54. The van der Waals surface area contributed by atoms with Crippen LogP contribution in [0.3, 0.4) is 0 Å². The molecule has 0 aliphatic rings. The Labute approximate surface area is 87.3 Å². The van der Waals surface area contributed by atoms with Gasteiger partial charge in [-0.3, -0.25) is 0 Å². The third kappa shape index (κ3) is 2.64. The van der Waals surface area contributed by atoms with E-state index in [1.54, 1.807) is 12.1 Å². The smallest absolute Gasteiger partial charge is 0.339 e. The van der Waals surface area contributed by atoms with Crippen molar-refractivity contribution in [2.75, 3.05) is 0 Å². The summed E-state index contributed by atoms with van der Waals surface area (Å²) in [6.07, 6.45) is -0.0609. The van der Waals surface area contributed by atoms with Gasteiger partial charge in [0, 0.05) is 5.02 Å². The lowest BCUT2D eigenvalue weighted by molar-refractivity contribution is 0.0690. The largest absolute Gasteiger partial charge is 0.490 e. The molecule has 0 aliphatic heterocycles. The highest BCUT2D eigenvalue weighted by Gasteiger charge is 2.12. The molecule has 0 aliphatic carbocycles. The molecule has 1 aromatic carbocycles. The van der Waals surface area contributed by atoms with Crippen molar-refractivity contribution in [1.82, 2.24) is 0 Å². The second kappa shape index (κ2) is 4.33. The van der Waals surface area contributed by atoms with Crippen molar-refractivity contribution < 1.29 is 14.6 Å². The third-order valence-corrected chi connectivity index (χ3v) is 1.77. The van der Waals surface area contributed by atoms with Crippen molar-refractivity contribution in [2.24, 2.45) is 0 Å². The first-order chi connectivity index (χ1) is 6.50. The molecule has 1 rings (SSSR count). The predicted molar refractivity (Wildman–Crippen MR) is 54.2 cm³/mol. The van der Waals surface area contributed by atoms with Crippen molar-refractivity contribution >= 4 is 17.6 Å². The van der Waals surface area contributed by atoms with Crippen LogP contribution >= 0.6 is 11.6 Å². The fourth-order valence-electron chi connectivity index (χ4n) is 1.03. The number of carbonyl (C=O) groups is 1. The van der Waals surface area contributed by atoms with Gasteiger partial charge in [-0.05, 0) is 32.0 Å². The highest BCUT2D eigenvalue weighted by molar-refractivity contribution is 6.31. The van der Waals surface area contributed by atoms with Crippen molar-refractivity contribution in [1.29, 1.82) is 0 Å². The van der Waals surface area contributed by atoms with E-state index in [4.69, 9.17) is 21.4 Å². The van der Waals surface area contributed by atoms with E-state index in [-0.39, 0.29) is 11.7 Å². The Bertz CT molecular complexity index is 347. The minimum absolute atomic E-state index is 0.0609. The fraction of sp³-hybridized carbons (Fsp3) is 0.300. The molecule has 76 valence electrons. The third-order valence-electron chi connectivity index (χ3n) is 1.53. The lowest BCUT2D eigenvalue weighted by Crippen LogP contribution is -2.09. The average molecular weight is 215 g/mol. The molecule has 0 saturated heterocycles. The molecule has 0 radical (unpaired) electrons. The van der Waals surface area contributed by atoms with E-state index in [0.29, 0.717) is 10.8 Å². The molecule has 0 bridgehead atoms. The number of rotatable bonds is 3. The highest BCUT2D eigenvalue weighted by atomic mass is 35.5. The van der Waals surface area contributed by atoms with Gasteiger partial charge in [0.25, 0.3) is 0 Å². The molecular formula is C10H11ClO3. The molecule has 0 unspecified atom stereocenters. The maximum absolute atomic E-state index is 10.8. The number of hydrogen-bond donors (Lipinski definition) is 1. The molecule has 0 heterocycles. The number of hydrogen-bond acceptors (Lipinski definition) is 2. The molecule has 4 heteroatoms. The molecule has 1 aromatic rings. The van der Waals surface area contributed by atoms with Crippen molar-refractivity contribution in [3.05, 3.63) is 28.8 Å². The number of benzene rings is 1. The lowest BCUT2D eigenvalue weighted by Gasteiger charge is -2.12. The van der Waals surface area contributed by atoms with Crippen LogP contribution in [0.25, 0.3) is 0 Å². The van der Waals surface area contributed by atoms with Crippen LogP contribution in [-0.4, -0.2) is 17.2 Å². The fourth-order valence-corrected chi connectivity index (χ4v) is 1.20. The Hall–Kier alpha value is -1.22. The second-order valence-electron chi connectivity index (χ2n) is 3.11. The van der Waals surface area contributed by atoms with Gasteiger partial charge in [0.05, 0.1) is 6.10 Å². The number of halogens is 1. The van der Waals surface area contributed by atoms with E-state index in [2.05, 4.69) is 0 Å². The minimum atomic E-state index is -1.04. The number of carboxylic acids is 1. The Balaban J connectivity index is 3.08. The average Bonchev–Trinajstić information content (AvgIpc) is 2.07. The van der Waals surface area contributed by atoms with Crippen LogP contribution < -0.4 is 4.74 Å². The normalized spacial score (nSPS) is 10.3. The zero-order valence-electron chi connectivity index (χ0n) is 7.95. The molecule has 0 atom stereocenters. The molecular weight excluding hydrogens is 204 g/mol. The number of carboxylic acid groups (broad SMARTS) is 1. The van der Waals surface area contributed by atoms with Gasteiger partial charge in [-0.2, -0.15) is 0 Å². The predicted octanol–water partition coefficient (Wildman–Crippen LogP) is 2.83. The van der Waals surface area contributed by atoms with Gasteiger partial charge in [0.2, 0.25) is 0 Å². The van der Waals surface area contributed by atoms with Gasteiger partial charge >= 0.3 is 5.97 Å². The zero-order chi connectivity index (χ0) is 10.7. The van der Waals surface area contributed by atoms with E-state index < -0.39 is 5.97 Å². The Kier molecular flexibility index (Phi) is 3.36. The van der Waals surface area contributed by atoms with E-state index in [1.165, 1.54) is 6.07 Å². The Morgan fingerprint density at radius 3 is 2.64 bits per heavy atom. The summed E-state index contributed by atoms with van der Waals surface area (Å²) in [5, 5.41) is 9.25. The van der Waals surface area contributed by atoms with Crippen LogP contribution in [0, 0.1) is 0 Å². The Morgan fingerprint density at radius 1 is 1.50 bits per heavy atom. The molecule has 0 fully saturated rings. The van der Waals surface area contributed by atoms with Crippen molar-refractivity contribution in [2.45, 2.75) is 20.0 Å². The molecule has 0 saturated carbocycles. The van der Waals surface area contributed by atoms with E-state index in [0.717, 1.165) is 0 Å². The van der Waals surface area contributed by atoms with Crippen LogP contribution in [0.15, 0.2) is 18.2 Å². The van der Waals surface area contributed by atoms with Gasteiger partial charge in [0.15, 0.2) is 0 Å². The van der Waals surface area contributed by atoms with Crippen molar-refractivity contribution in [3.63, 3.8) is 0 Å². The quantitative estimate of drug-likeness (QED) is 0.842. The highest BCUT2D eigenvalue weighted by Crippen LogP contribution is 2.23. The Morgan fingerprint density at radius 2 is 2.14 bits per heavy atom. The molecule has 14 heavy (non-hydrogen) atoms. The van der Waals surface area contributed by atoms with Crippen LogP contribution in [0.4, 0.5) is 0 Å². The van der Waals surface area contributed by atoms with Crippen LogP contribution in [0.5, 0.6) is 5.75 Å². The monoisotopic (exact) mass is 214 g/mol. The first kappa shape index (κ1) is 10.9. The first-order valence-corrected chi connectivity index (χ1v) is 4.58. The molecule has 0 spiro atoms. The van der Waals surface area contributed by atoms with Crippen molar-refractivity contribution in [3.8, 4) is 5.75 Å². The van der Waals surface area contributed by atoms with E-state index >= 15 is 0 Å². The van der Waals surface area contributed by atoms with Crippen LogP contribution in [0.1, 0.15) is 24.2 Å². The summed E-state index contributed by atoms with van der Waals surface area (Å²) >= 11 is 5.68. The number of ether oxygens (including phenoxy) is 1. The summed E-state index contributed by atoms with van der Waals surface area (Å²) in [5.74, 6) is -0.694. The maximum Gasteiger partial charge on any atom is 0.339 e. The SMILES string of the molecule is CC(C)Oc1ccc(Cl)cc1C(=O)O. The maximum atomic E-state index is 10.8. The van der Waals surface area contributed by atoms with Crippen LogP contribution in [-0.2, 0) is 0 Å². The summed E-state index contributed by atoms with van der Waals surface area (Å²) < 4.78 is 5.32. The lowest BCUT2D eigenvalue weighted by atomic mass is 10.2. The minimum Gasteiger partial charge on any atom is -0.490 e. The molecule has 3 nitrogen and oxygen atoms in total.